The SMILES string of the molecule is CCCN1CCOC(c2nc3c(c(=O)[nH]2)CCCCC3)C1. The molecule has 1 saturated heterocycles. The molecule has 3 rings (SSSR count). The second-order valence-electron chi connectivity index (χ2n) is 6.10. The third-order valence-electron chi connectivity index (χ3n) is 4.46. The Labute approximate surface area is 125 Å². The molecule has 1 unspecified atom stereocenters. The number of aromatic nitrogens is 2. The van der Waals surface area contributed by atoms with Gasteiger partial charge in [-0.05, 0) is 38.6 Å². The van der Waals surface area contributed by atoms with E-state index in [1.807, 2.05) is 0 Å². The van der Waals surface area contributed by atoms with Gasteiger partial charge in [-0.25, -0.2) is 4.98 Å². The zero-order chi connectivity index (χ0) is 14.7. The minimum absolute atomic E-state index is 0.0492. The van der Waals surface area contributed by atoms with Crippen LogP contribution >= 0.6 is 0 Å². The Hall–Kier alpha value is -1.20. The Balaban J connectivity index is 1.83. The van der Waals surface area contributed by atoms with Gasteiger partial charge >= 0.3 is 0 Å². The van der Waals surface area contributed by atoms with E-state index >= 15 is 0 Å². The Bertz CT molecular complexity index is 539. The zero-order valence-electron chi connectivity index (χ0n) is 12.9. The summed E-state index contributed by atoms with van der Waals surface area (Å²) in [6, 6.07) is 0. The lowest BCUT2D eigenvalue weighted by atomic mass is 10.1. The smallest absolute Gasteiger partial charge is 0.254 e. The van der Waals surface area contributed by atoms with Crippen LogP contribution in [0.5, 0.6) is 0 Å². The van der Waals surface area contributed by atoms with Gasteiger partial charge in [-0.15, -0.1) is 0 Å². The quantitative estimate of drug-likeness (QED) is 0.863. The lowest BCUT2D eigenvalue weighted by molar-refractivity contribution is -0.0344. The maximum Gasteiger partial charge on any atom is 0.254 e. The van der Waals surface area contributed by atoms with E-state index in [1.54, 1.807) is 0 Å². The van der Waals surface area contributed by atoms with E-state index in [-0.39, 0.29) is 11.7 Å². The summed E-state index contributed by atoms with van der Waals surface area (Å²) in [5, 5.41) is 0. The Morgan fingerprint density at radius 2 is 2.19 bits per heavy atom. The van der Waals surface area contributed by atoms with Crippen molar-refractivity contribution in [2.75, 3.05) is 26.2 Å². The number of hydrogen-bond acceptors (Lipinski definition) is 4. The van der Waals surface area contributed by atoms with Gasteiger partial charge in [0.15, 0.2) is 0 Å². The van der Waals surface area contributed by atoms with Crippen LogP contribution in [0.4, 0.5) is 0 Å². The molecule has 2 aliphatic rings. The van der Waals surface area contributed by atoms with Crippen molar-refractivity contribution in [3.05, 3.63) is 27.4 Å². The standard InChI is InChI=1S/C16H25N3O2/c1-2-8-19-9-10-21-14(11-19)15-17-13-7-5-3-4-6-12(13)16(20)18-15/h14H,2-11H2,1H3,(H,17,18,20). The van der Waals surface area contributed by atoms with Crippen molar-refractivity contribution in [3.8, 4) is 0 Å². The number of morpholine rings is 1. The van der Waals surface area contributed by atoms with E-state index < -0.39 is 0 Å². The fourth-order valence-corrected chi connectivity index (χ4v) is 3.34. The van der Waals surface area contributed by atoms with Crippen molar-refractivity contribution in [2.45, 2.75) is 51.6 Å². The topological polar surface area (TPSA) is 58.2 Å². The number of aryl methyl sites for hydroxylation is 1. The number of aromatic amines is 1. The van der Waals surface area contributed by atoms with E-state index in [0.717, 1.165) is 68.8 Å². The molecule has 21 heavy (non-hydrogen) atoms. The summed E-state index contributed by atoms with van der Waals surface area (Å²) in [4.78, 5) is 22.4. The first-order valence-corrected chi connectivity index (χ1v) is 8.24. The minimum Gasteiger partial charge on any atom is -0.368 e. The molecule has 1 aromatic rings. The second-order valence-corrected chi connectivity index (χ2v) is 6.10. The van der Waals surface area contributed by atoms with E-state index in [4.69, 9.17) is 9.72 Å². The van der Waals surface area contributed by atoms with Gasteiger partial charge in [0.1, 0.15) is 11.9 Å². The maximum atomic E-state index is 12.3. The molecular weight excluding hydrogens is 266 g/mol. The van der Waals surface area contributed by atoms with Gasteiger partial charge in [0.25, 0.3) is 5.56 Å². The third-order valence-corrected chi connectivity index (χ3v) is 4.46. The number of ether oxygens (including phenoxy) is 1. The Morgan fingerprint density at radius 1 is 1.33 bits per heavy atom. The van der Waals surface area contributed by atoms with Crippen LogP contribution in [0, 0.1) is 0 Å². The van der Waals surface area contributed by atoms with Crippen molar-refractivity contribution >= 4 is 0 Å². The molecule has 1 aliphatic carbocycles. The fraction of sp³-hybridized carbons (Fsp3) is 0.750. The molecule has 5 nitrogen and oxygen atoms in total. The van der Waals surface area contributed by atoms with Crippen LogP contribution in [0.3, 0.4) is 0 Å². The second kappa shape index (κ2) is 6.71. The molecule has 0 spiro atoms. The zero-order valence-corrected chi connectivity index (χ0v) is 12.9. The molecule has 1 aromatic heterocycles. The summed E-state index contributed by atoms with van der Waals surface area (Å²) in [5.41, 5.74) is 1.95. The van der Waals surface area contributed by atoms with Crippen LogP contribution in [0.2, 0.25) is 0 Å². The molecule has 1 N–H and O–H groups in total. The molecule has 0 aromatic carbocycles. The molecule has 1 fully saturated rings. The fourth-order valence-electron chi connectivity index (χ4n) is 3.34. The third kappa shape index (κ3) is 3.35. The van der Waals surface area contributed by atoms with Crippen molar-refractivity contribution in [3.63, 3.8) is 0 Å². The molecule has 5 heteroatoms. The largest absolute Gasteiger partial charge is 0.368 e. The first kappa shape index (κ1) is 14.7. The summed E-state index contributed by atoms with van der Waals surface area (Å²) in [6.45, 7) is 5.78. The molecular formula is C16H25N3O2. The van der Waals surface area contributed by atoms with Crippen molar-refractivity contribution in [1.82, 2.24) is 14.9 Å². The minimum atomic E-state index is -0.0912. The number of hydrogen-bond donors (Lipinski definition) is 1. The highest BCUT2D eigenvalue weighted by molar-refractivity contribution is 5.20. The van der Waals surface area contributed by atoms with Crippen LogP contribution < -0.4 is 5.56 Å². The van der Waals surface area contributed by atoms with E-state index in [0.29, 0.717) is 6.61 Å². The van der Waals surface area contributed by atoms with Crippen LogP contribution in [0.25, 0.3) is 0 Å². The molecule has 2 heterocycles. The highest BCUT2D eigenvalue weighted by atomic mass is 16.5. The lowest BCUT2D eigenvalue weighted by Crippen LogP contribution is -2.40. The van der Waals surface area contributed by atoms with Crippen LogP contribution in [-0.4, -0.2) is 41.1 Å². The van der Waals surface area contributed by atoms with E-state index in [1.165, 1.54) is 6.42 Å². The summed E-state index contributed by atoms with van der Waals surface area (Å²) in [7, 11) is 0. The van der Waals surface area contributed by atoms with Gasteiger partial charge < -0.3 is 9.72 Å². The summed E-state index contributed by atoms with van der Waals surface area (Å²) >= 11 is 0. The van der Waals surface area contributed by atoms with Crippen LogP contribution in [0.1, 0.15) is 55.8 Å². The average Bonchev–Trinajstić information content (AvgIpc) is 2.73. The number of nitrogens with one attached hydrogen (secondary N) is 1. The molecule has 0 saturated carbocycles. The van der Waals surface area contributed by atoms with Crippen molar-refractivity contribution in [2.24, 2.45) is 0 Å². The maximum absolute atomic E-state index is 12.3. The molecule has 0 amide bonds. The van der Waals surface area contributed by atoms with Gasteiger partial charge in [-0.1, -0.05) is 13.3 Å². The lowest BCUT2D eigenvalue weighted by Gasteiger charge is -2.32. The summed E-state index contributed by atoms with van der Waals surface area (Å²) < 4.78 is 5.84. The summed E-state index contributed by atoms with van der Waals surface area (Å²) in [5.74, 6) is 0.724. The van der Waals surface area contributed by atoms with Crippen LogP contribution in [0.15, 0.2) is 4.79 Å². The molecule has 1 atom stereocenters. The van der Waals surface area contributed by atoms with Gasteiger partial charge in [0, 0.05) is 18.7 Å². The Morgan fingerprint density at radius 3 is 3.05 bits per heavy atom. The first-order chi connectivity index (χ1) is 10.3. The van der Waals surface area contributed by atoms with Crippen molar-refractivity contribution < 1.29 is 4.74 Å². The average molecular weight is 291 g/mol. The number of fused-ring (bicyclic) bond motifs is 1. The highest BCUT2D eigenvalue weighted by Crippen LogP contribution is 2.21. The normalized spacial score (nSPS) is 23.6. The van der Waals surface area contributed by atoms with Crippen LogP contribution in [-0.2, 0) is 17.6 Å². The van der Waals surface area contributed by atoms with E-state index in [9.17, 15) is 4.79 Å². The predicted molar refractivity (Wildman–Crippen MR) is 81.5 cm³/mol. The van der Waals surface area contributed by atoms with Gasteiger partial charge in [0.05, 0.1) is 12.3 Å². The highest BCUT2D eigenvalue weighted by Gasteiger charge is 2.25. The first-order valence-electron chi connectivity index (χ1n) is 8.24. The number of rotatable bonds is 3. The Kier molecular flexibility index (Phi) is 4.70. The van der Waals surface area contributed by atoms with Crippen molar-refractivity contribution in [1.29, 1.82) is 0 Å². The monoisotopic (exact) mass is 291 g/mol. The van der Waals surface area contributed by atoms with Gasteiger partial charge in [0.2, 0.25) is 0 Å². The molecule has 0 radical (unpaired) electrons. The predicted octanol–water partition coefficient (Wildman–Crippen LogP) is 1.82. The summed E-state index contributed by atoms with van der Waals surface area (Å²) in [6.07, 6.45) is 6.27. The molecule has 1 aliphatic heterocycles. The van der Waals surface area contributed by atoms with Gasteiger partial charge in [-0.2, -0.15) is 0 Å². The van der Waals surface area contributed by atoms with E-state index in [2.05, 4.69) is 16.8 Å². The number of H-pyrrole nitrogens is 1. The number of nitrogens with zero attached hydrogens (tertiary/aromatic N) is 2. The molecule has 0 bridgehead atoms. The van der Waals surface area contributed by atoms with Gasteiger partial charge in [-0.3, -0.25) is 9.69 Å². The molecule has 116 valence electrons.